The van der Waals surface area contributed by atoms with Crippen molar-refractivity contribution in [2.24, 2.45) is 0 Å². The Balaban J connectivity index is 1.47. The Morgan fingerprint density at radius 1 is 1.06 bits per heavy atom. The van der Waals surface area contributed by atoms with Gasteiger partial charge in [-0.05, 0) is 49.9 Å². The highest BCUT2D eigenvalue weighted by atomic mass is 35.5. The summed E-state index contributed by atoms with van der Waals surface area (Å²) < 4.78 is 35.0. The first-order valence-electron chi connectivity index (χ1n) is 10.9. The highest BCUT2D eigenvalue weighted by Crippen LogP contribution is 2.43. The lowest BCUT2D eigenvalue weighted by Gasteiger charge is -2.36. The van der Waals surface area contributed by atoms with Crippen LogP contribution in [0.5, 0.6) is 17.2 Å². The predicted octanol–water partition coefficient (Wildman–Crippen LogP) is 2.40. The minimum atomic E-state index is -4.09. The summed E-state index contributed by atoms with van der Waals surface area (Å²) in [5.41, 5.74) is -1.30. The van der Waals surface area contributed by atoms with Crippen LogP contribution in [0.2, 0.25) is 10.0 Å². The third-order valence-corrected chi connectivity index (χ3v) is 8.88. The van der Waals surface area contributed by atoms with Gasteiger partial charge in [0.05, 0.1) is 21.8 Å². The third kappa shape index (κ3) is 4.39. The highest BCUT2D eigenvalue weighted by molar-refractivity contribution is 7.89. The second-order valence-corrected chi connectivity index (χ2v) is 11.3. The van der Waals surface area contributed by atoms with Gasteiger partial charge in [-0.25, -0.2) is 13.2 Å². The summed E-state index contributed by atoms with van der Waals surface area (Å²) >= 11 is 12.7. The van der Waals surface area contributed by atoms with Crippen molar-refractivity contribution >= 4 is 33.2 Å². The van der Waals surface area contributed by atoms with Gasteiger partial charge in [0.2, 0.25) is 10.0 Å². The zero-order valence-electron chi connectivity index (χ0n) is 18.5. The number of benzene rings is 2. The van der Waals surface area contributed by atoms with Gasteiger partial charge < -0.3 is 14.9 Å². The molecule has 5 rings (SSSR count). The van der Waals surface area contributed by atoms with Crippen molar-refractivity contribution in [1.82, 2.24) is 19.1 Å². The van der Waals surface area contributed by atoms with Crippen LogP contribution in [0.15, 0.2) is 51.0 Å². The number of ether oxygens (including phenoxy) is 1. The molecule has 3 heterocycles. The first-order chi connectivity index (χ1) is 17.0. The Morgan fingerprint density at radius 2 is 1.69 bits per heavy atom. The molecule has 2 bridgehead atoms. The van der Waals surface area contributed by atoms with E-state index in [9.17, 15) is 28.2 Å². The predicted molar refractivity (Wildman–Crippen MR) is 130 cm³/mol. The largest absolute Gasteiger partial charge is 0.507 e. The van der Waals surface area contributed by atoms with Gasteiger partial charge in [0.1, 0.15) is 22.6 Å². The molecule has 0 amide bonds. The fraction of sp³-hybridized carbons (Fsp3) is 0.318. The summed E-state index contributed by atoms with van der Waals surface area (Å²) in [6, 6.07) is 5.74. The Labute approximate surface area is 214 Å². The number of hydrogen-bond acceptors (Lipinski definition) is 8. The van der Waals surface area contributed by atoms with E-state index in [4.69, 9.17) is 27.9 Å². The first-order valence-corrected chi connectivity index (χ1v) is 13.1. The number of nitrogens with one attached hydrogen (secondary N) is 1. The summed E-state index contributed by atoms with van der Waals surface area (Å²) in [6.07, 6.45) is 2.34. The van der Waals surface area contributed by atoms with Crippen LogP contribution in [0.3, 0.4) is 0 Å². The molecule has 3 N–H and O–H groups in total. The zero-order chi connectivity index (χ0) is 25.8. The second kappa shape index (κ2) is 9.20. The lowest BCUT2D eigenvalue weighted by atomic mass is 10.0. The Bertz CT molecular complexity index is 1540. The van der Waals surface area contributed by atoms with E-state index >= 15 is 0 Å². The summed E-state index contributed by atoms with van der Waals surface area (Å²) in [7, 11) is -4.09. The quantitative estimate of drug-likeness (QED) is 0.434. The van der Waals surface area contributed by atoms with E-state index in [2.05, 4.69) is 10.1 Å². The number of phenolic OH excluding ortho intramolecular Hbond substituents is 1. The molecule has 2 aromatic carbocycles. The smallest absolute Gasteiger partial charge is 0.349 e. The molecule has 2 aliphatic heterocycles. The van der Waals surface area contributed by atoms with Crippen LogP contribution in [0.25, 0.3) is 5.69 Å². The molecular formula is C22H20Cl2N4O7S. The minimum Gasteiger partial charge on any atom is -0.507 e. The Hall–Kier alpha value is -2.90. The van der Waals surface area contributed by atoms with Crippen LogP contribution in [-0.4, -0.2) is 55.9 Å². The van der Waals surface area contributed by atoms with Crippen molar-refractivity contribution in [1.29, 1.82) is 0 Å². The number of aliphatic hydroxyl groups excluding tert-OH is 1. The van der Waals surface area contributed by atoms with Crippen molar-refractivity contribution < 1.29 is 23.4 Å². The third-order valence-electron chi connectivity index (χ3n) is 6.29. The number of piperidine rings is 1. The number of aromatic hydroxyl groups is 1. The summed E-state index contributed by atoms with van der Waals surface area (Å²) in [5.74, 6) is -0.412. The van der Waals surface area contributed by atoms with Gasteiger partial charge >= 0.3 is 5.69 Å². The number of aromatic nitrogens is 3. The number of sulfonamides is 1. The molecule has 2 saturated heterocycles. The van der Waals surface area contributed by atoms with E-state index in [1.807, 2.05) is 0 Å². The topological polar surface area (TPSA) is 155 Å². The molecule has 0 saturated carbocycles. The molecule has 1 aromatic heterocycles. The molecule has 2 unspecified atom stereocenters. The number of H-pyrrole nitrogens is 1. The van der Waals surface area contributed by atoms with Gasteiger partial charge in [0.25, 0.3) is 5.56 Å². The van der Waals surface area contributed by atoms with Crippen molar-refractivity contribution in [3.8, 4) is 22.9 Å². The maximum absolute atomic E-state index is 13.5. The van der Waals surface area contributed by atoms with Gasteiger partial charge in [-0.15, -0.1) is 0 Å². The first kappa shape index (κ1) is 24.8. The molecule has 11 nitrogen and oxygen atoms in total. The number of aromatic amines is 1. The molecule has 0 radical (unpaired) electrons. The van der Waals surface area contributed by atoms with Crippen LogP contribution < -0.4 is 16.0 Å². The van der Waals surface area contributed by atoms with Crippen LogP contribution in [-0.2, 0) is 10.0 Å². The maximum atomic E-state index is 13.5. The van der Waals surface area contributed by atoms with E-state index in [-0.39, 0.29) is 44.2 Å². The van der Waals surface area contributed by atoms with E-state index in [0.717, 1.165) is 10.9 Å². The zero-order valence-corrected chi connectivity index (χ0v) is 20.8. The molecule has 14 heteroatoms. The SMILES string of the molecule is O=c1cnn(-c2cc(Cl)c(Oc3ccc(O)c(S(=O)(=O)N4C5CCC4CC(O)C5)c3)c(Cl)c2)c(=O)[nH]1. The number of nitrogens with zero attached hydrogens (tertiary/aromatic N) is 3. The summed E-state index contributed by atoms with van der Waals surface area (Å²) in [6.45, 7) is 0. The normalized spacial score (nSPS) is 22.0. The lowest BCUT2D eigenvalue weighted by molar-refractivity contribution is 0.0768. The van der Waals surface area contributed by atoms with E-state index in [1.165, 1.54) is 34.6 Å². The molecular weight excluding hydrogens is 535 g/mol. The lowest BCUT2D eigenvalue weighted by Crippen LogP contribution is -2.47. The standard InChI is InChI=1S/C22H20Cl2N4O7S/c23-16-7-13(27-22(32)26-20(31)10-25-27)8-17(24)21(16)35-15-3-4-18(30)19(9-15)36(33,34)28-11-1-2-12(28)6-14(29)5-11/h3-4,7-12,14,29-30H,1-2,5-6H2,(H,26,31,32). The molecule has 0 spiro atoms. The highest BCUT2D eigenvalue weighted by Gasteiger charge is 2.47. The molecule has 36 heavy (non-hydrogen) atoms. The van der Waals surface area contributed by atoms with E-state index < -0.39 is 33.1 Å². The molecule has 3 aromatic rings. The van der Waals surface area contributed by atoms with Crippen molar-refractivity contribution in [3.05, 3.63) is 67.4 Å². The number of hydrogen-bond donors (Lipinski definition) is 3. The molecule has 2 atom stereocenters. The Morgan fingerprint density at radius 3 is 2.31 bits per heavy atom. The van der Waals surface area contributed by atoms with Gasteiger partial charge in [-0.2, -0.15) is 14.1 Å². The number of phenols is 1. The number of aliphatic hydroxyl groups is 1. The van der Waals surface area contributed by atoms with Crippen LogP contribution in [0.1, 0.15) is 25.7 Å². The second-order valence-electron chi connectivity index (χ2n) is 8.67. The van der Waals surface area contributed by atoms with Crippen molar-refractivity contribution in [3.63, 3.8) is 0 Å². The maximum Gasteiger partial charge on any atom is 0.349 e. The number of halogens is 2. The summed E-state index contributed by atoms with van der Waals surface area (Å²) in [4.78, 5) is 25.0. The summed E-state index contributed by atoms with van der Waals surface area (Å²) in [5, 5.41) is 24.1. The van der Waals surface area contributed by atoms with Crippen molar-refractivity contribution in [2.45, 2.75) is 48.8 Å². The van der Waals surface area contributed by atoms with Gasteiger partial charge in [0.15, 0.2) is 5.75 Å². The van der Waals surface area contributed by atoms with Crippen molar-refractivity contribution in [2.75, 3.05) is 0 Å². The number of fused-ring (bicyclic) bond motifs is 2. The van der Waals surface area contributed by atoms with Crippen LogP contribution >= 0.6 is 23.2 Å². The fourth-order valence-corrected chi connectivity index (χ4v) is 7.34. The molecule has 190 valence electrons. The Kier molecular flexibility index (Phi) is 6.33. The fourth-order valence-electron chi connectivity index (χ4n) is 4.80. The van der Waals surface area contributed by atoms with E-state index in [0.29, 0.717) is 25.7 Å². The molecule has 2 fully saturated rings. The average Bonchev–Trinajstić information content (AvgIpc) is 3.09. The molecule has 2 aliphatic rings. The van der Waals surface area contributed by atoms with E-state index in [1.54, 1.807) is 0 Å². The monoisotopic (exact) mass is 554 g/mol. The number of rotatable bonds is 5. The van der Waals surface area contributed by atoms with Crippen LogP contribution in [0.4, 0.5) is 0 Å². The minimum absolute atomic E-state index is 0.0158. The van der Waals surface area contributed by atoms with Crippen LogP contribution in [0, 0.1) is 0 Å². The van der Waals surface area contributed by atoms with Gasteiger partial charge in [-0.3, -0.25) is 9.78 Å². The molecule has 0 aliphatic carbocycles. The average molecular weight is 555 g/mol. The van der Waals surface area contributed by atoms with Gasteiger partial charge in [-0.1, -0.05) is 23.2 Å². The van der Waals surface area contributed by atoms with Gasteiger partial charge in [0, 0.05) is 18.2 Å².